The zero-order valence-electron chi connectivity index (χ0n) is 11.1. The molecule has 0 radical (unpaired) electrons. The molecule has 1 unspecified atom stereocenters. The molecule has 0 aromatic heterocycles. The van der Waals surface area contributed by atoms with E-state index >= 15 is 0 Å². The molecular formula is C12H22N2O4S. The van der Waals surface area contributed by atoms with Crippen molar-refractivity contribution >= 4 is 16.2 Å². The largest absolute Gasteiger partial charge is 0.481 e. The van der Waals surface area contributed by atoms with Gasteiger partial charge < -0.3 is 5.11 Å². The Kier molecular flexibility index (Phi) is 4.81. The van der Waals surface area contributed by atoms with E-state index in [0.717, 1.165) is 32.1 Å². The third kappa shape index (κ3) is 3.46. The molecule has 0 aromatic rings. The summed E-state index contributed by atoms with van der Waals surface area (Å²) in [4.78, 5) is 10.9. The molecule has 110 valence electrons. The van der Waals surface area contributed by atoms with Gasteiger partial charge in [0, 0.05) is 25.7 Å². The first-order valence-corrected chi connectivity index (χ1v) is 8.40. The second-order valence-electron chi connectivity index (χ2n) is 5.33. The second-order valence-corrected chi connectivity index (χ2v) is 7.21. The van der Waals surface area contributed by atoms with Crippen LogP contribution < -0.4 is 0 Å². The van der Waals surface area contributed by atoms with Crippen molar-refractivity contribution in [1.29, 1.82) is 0 Å². The summed E-state index contributed by atoms with van der Waals surface area (Å²) in [5.74, 6) is -0.925. The maximum Gasteiger partial charge on any atom is 0.304 e. The van der Waals surface area contributed by atoms with Crippen molar-refractivity contribution in [3.63, 3.8) is 0 Å². The summed E-state index contributed by atoms with van der Waals surface area (Å²) in [5, 5.41) is 8.92. The first-order valence-electron chi connectivity index (χ1n) is 7.00. The van der Waals surface area contributed by atoms with Gasteiger partial charge in [-0.15, -0.1) is 0 Å². The molecule has 6 nitrogen and oxygen atoms in total. The minimum atomic E-state index is -3.48. The molecule has 2 fully saturated rings. The summed E-state index contributed by atoms with van der Waals surface area (Å²) in [5.41, 5.74) is 0. The molecule has 2 heterocycles. The smallest absolute Gasteiger partial charge is 0.304 e. The molecule has 0 saturated carbocycles. The average molecular weight is 290 g/mol. The fourth-order valence-corrected chi connectivity index (χ4v) is 4.86. The van der Waals surface area contributed by atoms with E-state index in [-0.39, 0.29) is 12.5 Å². The van der Waals surface area contributed by atoms with Gasteiger partial charge in [0.1, 0.15) is 0 Å². The molecule has 0 aromatic carbocycles. The molecule has 2 aliphatic rings. The van der Waals surface area contributed by atoms with Crippen molar-refractivity contribution < 1.29 is 18.3 Å². The summed E-state index contributed by atoms with van der Waals surface area (Å²) in [6.07, 6.45) is 5.16. The maximum atomic E-state index is 12.6. The number of hydrogen-bond donors (Lipinski definition) is 1. The number of carboxylic acids is 1. The van der Waals surface area contributed by atoms with Crippen LogP contribution in [0.25, 0.3) is 0 Å². The molecule has 0 aliphatic carbocycles. The number of piperidine rings is 2. The lowest BCUT2D eigenvalue weighted by Gasteiger charge is -2.38. The van der Waals surface area contributed by atoms with E-state index in [1.54, 1.807) is 0 Å². The first kappa shape index (κ1) is 14.7. The Balaban J connectivity index is 2.13. The van der Waals surface area contributed by atoms with Crippen LogP contribution in [0.3, 0.4) is 0 Å². The Hall–Kier alpha value is -0.660. The van der Waals surface area contributed by atoms with E-state index in [2.05, 4.69) is 0 Å². The highest BCUT2D eigenvalue weighted by Gasteiger charge is 2.37. The van der Waals surface area contributed by atoms with Crippen molar-refractivity contribution in [1.82, 2.24) is 8.61 Å². The van der Waals surface area contributed by atoms with Gasteiger partial charge in [0.25, 0.3) is 10.2 Å². The summed E-state index contributed by atoms with van der Waals surface area (Å²) in [7, 11) is -3.48. The normalized spacial score (nSPS) is 27.3. The van der Waals surface area contributed by atoms with E-state index in [0.29, 0.717) is 26.1 Å². The SMILES string of the molecule is O=C(O)CC1CCCCN1S(=O)(=O)N1CCCCC1. The number of hydrogen-bond acceptors (Lipinski definition) is 3. The Bertz CT molecular complexity index is 417. The van der Waals surface area contributed by atoms with E-state index in [1.807, 2.05) is 0 Å². The van der Waals surface area contributed by atoms with E-state index in [4.69, 9.17) is 5.11 Å². The van der Waals surface area contributed by atoms with Crippen LogP contribution in [0, 0.1) is 0 Å². The fraction of sp³-hybridized carbons (Fsp3) is 0.917. The molecule has 1 atom stereocenters. The van der Waals surface area contributed by atoms with E-state index < -0.39 is 16.2 Å². The highest BCUT2D eigenvalue weighted by Crippen LogP contribution is 2.26. The summed E-state index contributed by atoms with van der Waals surface area (Å²) >= 11 is 0. The van der Waals surface area contributed by atoms with Crippen LogP contribution in [-0.4, -0.2) is 53.8 Å². The van der Waals surface area contributed by atoms with Crippen LogP contribution in [0.4, 0.5) is 0 Å². The quantitative estimate of drug-likeness (QED) is 0.839. The van der Waals surface area contributed by atoms with Gasteiger partial charge in [-0.2, -0.15) is 17.0 Å². The number of nitrogens with zero attached hydrogens (tertiary/aromatic N) is 2. The van der Waals surface area contributed by atoms with Gasteiger partial charge in [-0.3, -0.25) is 4.79 Å². The lowest BCUT2D eigenvalue weighted by molar-refractivity contribution is -0.138. The van der Waals surface area contributed by atoms with Crippen LogP contribution in [-0.2, 0) is 15.0 Å². The molecular weight excluding hydrogens is 268 g/mol. The van der Waals surface area contributed by atoms with Crippen molar-refractivity contribution in [3.05, 3.63) is 0 Å². The Morgan fingerprint density at radius 3 is 2.32 bits per heavy atom. The number of rotatable bonds is 4. The lowest BCUT2D eigenvalue weighted by atomic mass is 10.0. The van der Waals surface area contributed by atoms with E-state index in [9.17, 15) is 13.2 Å². The van der Waals surface area contributed by atoms with Crippen LogP contribution in [0.1, 0.15) is 44.9 Å². The standard InChI is InChI=1S/C12H22N2O4S/c15-12(16)10-11-6-2-5-9-14(11)19(17,18)13-7-3-1-4-8-13/h11H,1-10H2,(H,15,16). The predicted molar refractivity (Wildman–Crippen MR) is 70.9 cm³/mol. The van der Waals surface area contributed by atoms with Gasteiger partial charge >= 0.3 is 5.97 Å². The number of carboxylic acid groups (broad SMARTS) is 1. The van der Waals surface area contributed by atoms with E-state index in [1.165, 1.54) is 8.61 Å². The lowest BCUT2D eigenvalue weighted by Crippen LogP contribution is -2.52. The first-order chi connectivity index (χ1) is 9.01. The minimum absolute atomic E-state index is 0.0902. The van der Waals surface area contributed by atoms with Gasteiger partial charge in [-0.05, 0) is 25.7 Å². The van der Waals surface area contributed by atoms with Gasteiger partial charge in [0.05, 0.1) is 6.42 Å². The molecule has 2 rings (SSSR count). The van der Waals surface area contributed by atoms with Gasteiger partial charge in [0.15, 0.2) is 0 Å². The third-order valence-corrected chi connectivity index (χ3v) is 6.01. The van der Waals surface area contributed by atoms with Crippen LogP contribution >= 0.6 is 0 Å². The average Bonchev–Trinajstić information content (AvgIpc) is 2.39. The van der Waals surface area contributed by atoms with Crippen molar-refractivity contribution in [2.45, 2.75) is 51.0 Å². The predicted octanol–water partition coefficient (Wildman–Crippen LogP) is 1.05. The Labute approximate surface area is 114 Å². The number of carbonyl (C=O) groups is 1. The van der Waals surface area contributed by atoms with Crippen molar-refractivity contribution in [2.24, 2.45) is 0 Å². The van der Waals surface area contributed by atoms with Crippen LogP contribution in [0.2, 0.25) is 0 Å². The maximum absolute atomic E-state index is 12.6. The molecule has 0 bridgehead atoms. The van der Waals surface area contributed by atoms with Crippen molar-refractivity contribution in [3.8, 4) is 0 Å². The fourth-order valence-electron chi connectivity index (χ4n) is 2.93. The topological polar surface area (TPSA) is 77.9 Å². The molecule has 2 aliphatic heterocycles. The molecule has 2 saturated heterocycles. The second kappa shape index (κ2) is 6.19. The third-order valence-electron chi connectivity index (χ3n) is 3.92. The molecule has 0 amide bonds. The molecule has 0 spiro atoms. The van der Waals surface area contributed by atoms with Gasteiger partial charge in [-0.1, -0.05) is 12.8 Å². The molecule has 1 N–H and O–H groups in total. The van der Waals surface area contributed by atoms with Crippen LogP contribution in [0.5, 0.6) is 0 Å². The van der Waals surface area contributed by atoms with Crippen molar-refractivity contribution in [2.75, 3.05) is 19.6 Å². The van der Waals surface area contributed by atoms with Gasteiger partial charge in [-0.25, -0.2) is 0 Å². The minimum Gasteiger partial charge on any atom is -0.481 e. The zero-order chi connectivity index (χ0) is 13.9. The summed E-state index contributed by atoms with van der Waals surface area (Å²) < 4.78 is 28.1. The highest BCUT2D eigenvalue weighted by molar-refractivity contribution is 7.86. The molecule has 19 heavy (non-hydrogen) atoms. The Morgan fingerprint density at radius 2 is 1.68 bits per heavy atom. The van der Waals surface area contributed by atoms with Gasteiger partial charge in [0.2, 0.25) is 0 Å². The number of aliphatic carboxylic acids is 1. The Morgan fingerprint density at radius 1 is 1.05 bits per heavy atom. The van der Waals surface area contributed by atoms with Crippen LogP contribution in [0.15, 0.2) is 0 Å². The summed E-state index contributed by atoms with van der Waals surface area (Å²) in [6, 6.07) is -0.377. The highest BCUT2D eigenvalue weighted by atomic mass is 32.2. The zero-order valence-corrected chi connectivity index (χ0v) is 11.9. The monoisotopic (exact) mass is 290 g/mol. The molecule has 7 heteroatoms. The summed E-state index contributed by atoms with van der Waals surface area (Å²) in [6.45, 7) is 1.59.